The third-order valence-electron chi connectivity index (χ3n) is 2.74. The molecule has 0 aliphatic carbocycles. The highest BCUT2D eigenvalue weighted by Crippen LogP contribution is 2.19. The van der Waals surface area contributed by atoms with E-state index < -0.39 is 0 Å². The van der Waals surface area contributed by atoms with Crippen LogP contribution in [0.1, 0.15) is 12.0 Å². The van der Waals surface area contributed by atoms with Gasteiger partial charge in [0.25, 0.3) is 0 Å². The number of nitrogens with one attached hydrogen (secondary N) is 1. The number of halogens is 1. The zero-order valence-electron chi connectivity index (χ0n) is 9.33. The van der Waals surface area contributed by atoms with E-state index in [1.165, 1.54) is 31.1 Å². The van der Waals surface area contributed by atoms with Gasteiger partial charge in [0.2, 0.25) is 0 Å². The molecule has 0 aromatic heterocycles. The molecule has 1 aromatic carbocycles. The van der Waals surface area contributed by atoms with Crippen molar-refractivity contribution in [2.24, 2.45) is 0 Å². The van der Waals surface area contributed by atoms with E-state index in [1.54, 1.807) is 6.07 Å². The van der Waals surface area contributed by atoms with Gasteiger partial charge in [0.05, 0.1) is 7.11 Å². The van der Waals surface area contributed by atoms with Crippen LogP contribution in [0, 0.1) is 5.82 Å². The van der Waals surface area contributed by atoms with E-state index in [0.717, 1.165) is 12.1 Å². The van der Waals surface area contributed by atoms with Crippen molar-refractivity contribution in [1.29, 1.82) is 0 Å². The zero-order valence-corrected chi connectivity index (χ0v) is 10.1. The Morgan fingerprint density at radius 1 is 1.56 bits per heavy atom. The molecule has 4 heteroatoms. The number of methoxy groups -OCH3 is 1. The SMILES string of the molecule is COc1ccc(CNC2CCSC2)cc1F. The van der Waals surface area contributed by atoms with Gasteiger partial charge in [-0.05, 0) is 29.9 Å². The molecule has 2 nitrogen and oxygen atoms in total. The third-order valence-corrected chi connectivity index (χ3v) is 3.90. The molecule has 0 saturated carbocycles. The Kier molecular flexibility index (Phi) is 4.07. The highest BCUT2D eigenvalue weighted by molar-refractivity contribution is 7.99. The van der Waals surface area contributed by atoms with E-state index in [1.807, 2.05) is 17.8 Å². The molecule has 1 aromatic rings. The van der Waals surface area contributed by atoms with Crippen molar-refractivity contribution in [2.75, 3.05) is 18.6 Å². The van der Waals surface area contributed by atoms with Gasteiger partial charge in [-0.25, -0.2) is 4.39 Å². The molecule has 0 bridgehead atoms. The largest absolute Gasteiger partial charge is 0.494 e. The van der Waals surface area contributed by atoms with Crippen LogP contribution in [0.3, 0.4) is 0 Å². The molecule has 1 fully saturated rings. The van der Waals surface area contributed by atoms with Crippen LogP contribution in [0.4, 0.5) is 4.39 Å². The van der Waals surface area contributed by atoms with Gasteiger partial charge >= 0.3 is 0 Å². The first-order chi connectivity index (χ1) is 7.79. The molecule has 0 amide bonds. The number of hydrogen-bond acceptors (Lipinski definition) is 3. The average Bonchev–Trinajstić information content (AvgIpc) is 2.79. The zero-order chi connectivity index (χ0) is 11.4. The fraction of sp³-hybridized carbons (Fsp3) is 0.500. The Labute approximate surface area is 99.6 Å². The summed E-state index contributed by atoms with van der Waals surface area (Å²) in [6.45, 7) is 0.728. The van der Waals surface area contributed by atoms with E-state index in [-0.39, 0.29) is 5.82 Å². The van der Waals surface area contributed by atoms with Crippen LogP contribution in [0.5, 0.6) is 5.75 Å². The molecule has 1 N–H and O–H groups in total. The summed E-state index contributed by atoms with van der Waals surface area (Å²) in [5, 5.41) is 3.43. The maximum atomic E-state index is 13.4. The molecule has 88 valence electrons. The van der Waals surface area contributed by atoms with Crippen LogP contribution in [0.2, 0.25) is 0 Å². The fourth-order valence-electron chi connectivity index (χ4n) is 1.78. The molecule has 1 unspecified atom stereocenters. The maximum absolute atomic E-state index is 13.4. The number of ether oxygens (including phenoxy) is 1. The molecule has 1 saturated heterocycles. The van der Waals surface area contributed by atoms with Gasteiger partial charge in [0.1, 0.15) is 0 Å². The van der Waals surface area contributed by atoms with Crippen LogP contribution < -0.4 is 10.1 Å². The Balaban J connectivity index is 1.91. The molecule has 1 heterocycles. The Morgan fingerprint density at radius 2 is 2.44 bits per heavy atom. The first kappa shape index (κ1) is 11.7. The standard InChI is InChI=1S/C12H16FNOS/c1-15-12-3-2-9(6-11(12)13)7-14-10-4-5-16-8-10/h2-3,6,10,14H,4-5,7-8H2,1H3. The van der Waals surface area contributed by atoms with Crippen LogP contribution in [0.25, 0.3) is 0 Å². The topological polar surface area (TPSA) is 21.3 Å². The Bertz CT molecular complexity index is 353. The van der Waals surface area contributed by atoms with Gasteiger partial charge in [-0.15, -0.1) is 0 Å². The minimum atomic E-state index is -0.289. The molecule has 1 aliphatic heterocycles. The fourth-order valence-corrected chi connectivity index (χ4v) is 2.96. The predicted molar refractivity (Wildman–Crippen MR) is 65.5 cm³/mol. The van der Waals surface area contributed by atoms with Crippen molar-refractivity contribution < 1.29 is 9.13 Å². The predicted octanol–water partition coefficient (Wildman–Crippen LogP) is 2.43. The van der Waals surface area contributed by atoms with Gasteiger partial charge in [0.15, 0.2) is 11.6 Å². The minimum Gasteiger partial charge on any atom is -0.494 e. The highest BCUT2D eigenvalue weighted by atomic mass is 32.2. The molecule has 0 spiro atoms. The monoisotopic (exact) mass is 241 g/mol. The lowest BCUT2D eigenvalue weighted by Crippen LogP contribution is -2.27. The normalized spacial score (nSPS) is 20.0. The van der Waals surface area contributed by atoms with Crippen molar-refractivity contribution in [3.05, 3.63) is 29.6 Å². The van der Waals surface area contributed by atoms with E-state index in [2.05, 4.69) is 5.32 Å². The lowest BCUT2D eigenvalue weighted by atomic mass is 10.2. The third kappa shape index (κ3) is 2.89. The van der Waals surface area contributed by atoms with Gasteiger partial charge in [-0.3, -0.25) is 0 Å². The molecule has 1 atom stereocenters. The van der Waals surface area contributed by atoms with Gasteiger partial charge in [-0.1, -0.05) is 6.07 Å². The van der Waals surface area contributed by atoms with Crippen molar-refractivity contribution in [2.45, 2.75) is 19.0 Å². The number of rotatable bonds is 4. The number of thioether (sulfide) groups is 1. The first-order valence-corrected chi connectivity index (χ1v) is 6.58. The molecular weight excluding hydrogens is 225 g/mol. The Hall–Kier alpha value is -0.740. The molecular formula is C12H16FNOS. The van der Waals surface area contributed by atoms with Crippen molar-refractivity contribution in [1.82, 2.24) is 5.32 Å². The molecule has 2 rings (SSSR count). The Morgan fingerprint density at radius 3 is 3.06 bits per heavy atom. The molecule has 16 heavy (non-hydrogen) atoms. The average molecular weight is 241 g/mol. The van der Waals surface area contributed by atoms with Gasteiger partial charge in [0, 0.05) is 18.3 Å². The van der Waals surface area contributed by atoms with Crippen molar-refractivity contribution in [3.63, 3.8) is 0 Å². The lowest BCUT2D eigenvalue weighted by molar-refractivity contribution is 0.386. The smallest absolute Gasteiger partial charge is 0.165 e. The van der Waals surface area contributed by atoms with Crippen LogP contribution in [0.15, 0.2) is 18.2 Å². The first-order valence-electron chi connectivity index (χ1n) is 5.43. The summed E-state index contributed by atoms with van der Waals surface area (Å²) in [6, 6.07) is 5.69. The molecule has 1 aliphatic rings. The second-order valence-electron chi connectivity index (χ2n) is 3.91. The van der Waals surface area contributed by atoms with Gasteiger partial charge in [-0.2, -0.15) is 11.8 Å². The van der Waals surface area contributed by atoms with E-state index in [0.29, 0.717) is 11.8 Å². The van der Waals surface area contributed by atoms with Crippen molar-refractivity contribution in [3.8, 4) is 5.75 Å². The highest BCUT2D eigenvalue weighted by Gasteiger charge is 2.14. The van der Waals surface area contributed by atoms with Crippen LogP contribution in [-0.4, -0.2) is 24.7 Å². The minimum absolute atomic E-state index is 0.289. The second kappa shape index (κ2) is 5.55. The summed E-state index contributed by atoms with van der Waals surface area (Å²) >= 11 is 1.97. The quantitative estimate of drug-likeness (QED) is 0.874. The second-order valence-corrected chi connectivity index (χ2v) is 5.06. The summed E-state index contributed by atoms with van der Waals surface area (Å²) in [4.78, 5) is 0. The number of benzene rings is 1. The van der Waals surface area contributed by atoms with Crippen LogP contribution >= 0.6 is 11.8 Å². The number of hydrogen-bond donors (Lipinski definition) is 1. The molecule has 0 radical (unpaired) electrons. The summed E-state index contributed by atoms with van der Waals surface area (Å²) in [7, 11) is 1.48. The summed E-state index contributed by atoms with van der Waals surface area (Å²) in [5.74, 6) is 2.41. The summed E-state index contributed by atoms with van der Waals surface area (Å²) in [5.41, 5.74) is 0.968. The maximum Gasteiger partial charge on any atom is 0.165 e. The van der Waals surface area contributed by atoms with E-state index >= 15 is 0 Å². The van der Waals surface area contributed by atoms with Crippen molar-refractivity contribution >= 4 is 11.8 Å². The van der Waals surface area contributed by atoms with Gasteiger partial charge < -0.3 is 10.1 Å². The summed E-state index contributed by atoms with van der Waals surface area (Å²) in [6.07, 6.45) is 1.21. The van der Waals surface area contributed by atoms with Crippen LogP contribution in [-0.2, 0) is 6.54 Å². The van der Waals surface area contributed by atoms with E-state index in [4.69, 9.17) is 4.74 Å². The van der Waals surface area contributed by atoms with E-state index in [9.17, 15) is 4.39 Å². The summed E-state index contributed by atoms with van der Waals surface area (Å²) < 4.78 is 18.3. The lowest BCUT2D eigenvalue weighted by Gasteiger charge is -2.11.